The molecule has 0 unspecified atom stereocenters. The molecule has 94 valence electrons. The summed E-state index contributed by atoms with van der Waals surface area (Å²) in [5.41, 5.74) is 0.834. The Labute approximate surface area is 102 Å². The first-order valence-electron chi connectivity index (χ1n) is 6.09. The van der Waals surface area contributed by atoms with Gasteiger partial charge in [0.2, 0.25) is 0 Å². The van der Waals surface area contributed by atoms with Crippen LogP contribution in [0.1, 0.15) is 31.4 Å². The standard InChI is InChI=1S/C13H20N2O2/c1-9(16)11-3-4-13(14-7-11)15(2)8-10-5-12(17)6-10/h3-4,7,9-10,12,16-17H,5-6,8H2,1-2H3/t9-,10?,12?/m0/s1. The van der Waals surface area contributed by atoms with Crippen molar-refractivity contribution in [1.29, 1.82) is 0 Å². The molecule has 0 amide bonds. The van der Waals surface area contributed by atoms with Crippen molar-refractivity contribution in [3.05, 3.63) is 23.9 Å². The molecule has 0 bridgehead atoms. The van der Waals surface area contributed by atoms with Crippen LogP contribution in [0.5, 0.6) is 0 Å². The number of rotatable bonds is 4. The van der Waals surface area contributed by atoms with Crippen LogP contribution in [0.3, 0.4) is 0 Å². The van der Waals surface area contributed by atoms with E-state index >= 15 is 0 Å². The van der Waals surface area contributed by atoms with Crippen LogP contribution in [0.2, 0.25) is 0 Å². The van der Waals surface area contributed by atoms with Crippen molar-refractivity contribution >= 4 is 5.82 Å². The maximum atomic E-state index is 9.39. The number of hydrogen-bond acceptors (Lipinski definition) is 4. The van der Waals surface area contributed by atoms with E-state index in [-0.39, 0.29) is 6.10 Å². The monoisotopic (exact) mass is 236 g/mol. The summed E-state index contributed by atoms with van der Waals surface area (Å²) in [4.78, 5) is 6.43. The van der Waals surface area contributed by atoms with Crippen LogP contribution in [0.25, 0.3) is 0 Å². The third-order valence-electron chi connectivity index (χ3n) is 3.39. The molecule has 1 fully saturated rings. The van der Waals surface area contributed by atoms with Crippen molar-refractivity contribution in [2.75, 3.05) is 18.5 Å². The van der Waals surface area contributed by atoms with Gasteiger partial charge in [0.15, 0.2) is 0 Å². The fourth-order valence-electron chi connectivity index (χ4n) is 2.20. The molecule has 4 heteroatoms. The molecule has 1 saturated carbocycles. The number of nitrogens with zero attached hydrogens (tertiary/aromatic N) is 2. The highest BCUT2D eigenvalue weighted by molar-refractivity contribution is 5.38. The molecule has 0 aromatic carbocycles. The number of anilines is 1. The summed E-state index contributed by atoms with van der Waals surface area (Å²) in [6.07, 6.45) is 2.95. The Bertz CT molecular complexity index is 358. The topological polar surface area (TPSA) is 56.6 Å². The average Bonchev–Trinajstić information content (AvgIpc) is 2.27. The molecule has 1 atom stereocenters. The van der Waals surface area contributed by atoms with E-state index in [0.29, 0.717) is 5.92 Å². The van der Waals surface area contributed by atoms with Crippen LogP contribution in [-0.4, -0.2) is 34.9 Å². The first-order valence-corrected chi connectivity index (χ1v) is 6.09. The number of aliphatic hydroxyl groups is 2. The maximum absolute atomic E-state index is 9.39. The van der Waals surface area contributed by atoms with Gasteiger partial charge in [-0.25, -0.2) is 4.98 Å². The van der Waals surface area contributed by atoms with Gasteiger partial charge in [-0.3, -0.25) is 0 Å². The predicted octanol–water partition coefficient (Wildman–Crippen LogP) is 1.34. The lowest BCUT2D eigenvalue weighted by Crippen LogP contribution is -2.37. The number of hydrogen-bond donors (Lipinski definition) is 2. The fraction of sp³-hybridized carbons (Fsp3) is 0.615. The van der Waals surface area contributed by atoms with Crippen LogP contribution in [0, 0.1) is 5.92 Å². The van der Waals surface area contributed by atoms with Crippen LogP contribution in [0.4, 0.5) is 5.82 Å². The third kappa shape index (κ3) is 2.96. The van der Waals surface area contributed by atoms with E-state index in [4.69, 9.17) is 0 Å². The maximum Gasteiger partial charge on any atom is 0.128 e. The van der Waals surface area contributed by atoms with Gasteiger partial charge in [-0.15, -0.1) is 0 Å². The van der Waals surface area contributed by atoms with Gasteiger partial charge in [0.05, 0.1) is 12.2 Å². The number of aromatic nitrogens is 1. The summed E-state index contributed by atoms with van der Waals surface area (Å²) in [7, 11) is 2.01. The second-order valence-corrected chi connectivity index (χ2v) is 5.00. The Hall–Kier alpha value is -1.13. The molecule has 1 aliphatic rings. The van der Waals surface area contributed by atoms with Crippen LogP contribution < -0.4 is 4.90 Å². The second kappa shape index (κ2) is 5.02. The Kier molecular flexibility index (Phi) is 3.64. The predicted molar refractivity (Wildman–Crippen MR) is 66.9 cm³/mol. The SMILES string of the molecule is C[C@H](O)c1ccc(N(C)CC2CC(O)C2)nc1. The van der Waals surface area contributed by atoms with E-state index in [2.05, 4.69) is 9.88 Å². The van der Waals surface area contributed by atoms with Crippen molar-refractivity contribution < 1.29 is 10.2 Å². The van der Waals surface area contributed by atoms with Gasteiger partial charge in [0.25, 0.3) is 0 Å². The minimum Gasteiger partial charge on any atom is -0.393 e. The molecule has 1 aromatic heterocycles. The minimum atomic E-state index is -0.469. The van der Waals surface area contributed by atoms with E-state index in [1.165, 1.54) is 0 Å². The molecular formula is C13H20N2O2. The van der Waals surface area contributed by atoms with E-state index in [0.717, 1.165) is 30.8 Å². The highest BCUT2D eigenvalue weighted by atomic mass is 16.3. The lowest BCUT2D eigenvalue weighted by Gasteiger charge is -2.34. The lowest BCUT2D eigenvalue weighted by molar-refractivity contribution is 0.0464. The molecule has 17 heavy (non-hydrogen) atoms. The zero-order valence-corrected chi connectivity index (χ0v) is 10.4. The van der Waals surface area contributed by atoms with Gasteiger partial charge < -0.3 is 15.1 Å². The second-order valence-electron chi connectivity index (χ2n) is 5.00. The van der Waals surface area contributed by atoms with Crippen molar-refractivity contribution in [2.45, 2.75) is 32.0 Å². The highest BCUT2D eigenvalue weighted by Crippen LogP contribution is 2.28. The van der Waals surface area contributed by atoms with Gasteiger partial charge in [0.1, 0.15) is 5.82 Å². The van der Waals surface area contributed by atoms with Crippen molar-refractivity contribution in [3.63, 3.8) is 0 Å². The molecule has 2 N–H and O–H groups in total. The highest BCUT2D eigenvalue weighted by Gasteiger charge is 2.28. The number of pyridine rings is 1. The fourth-order valence-corrected chi connectivity index (χ4v) is 2.20. The molecule has 4 nitrogen and oxygen atoms in total. The van der Waals surface area contributed by atoms with Crippen LogP contribution in [-0.2, 0) is 0 Å². The van der Waals surface area contributed by atoms with Crippen molar-refractivity contribution in [3.8, 4) is 0 Å². The largest absolute Gasteiger partial charge is 0.393 e. The molecule has 1 aliphatic carbocycles. The van der Waals surface area contributed by atoms with Crippen molar-refractivity contribution in [2.24, 2.45) is 5.92 Å². The van der Waals surface area contributed by atoms with E-state index in [1.807, 2.05) is 19.2 Å². The van der Waals surface area contributed by atoms with Gasteiger partial charge in [-0.05, 0) is 37.3 Å². The van der Waals surface area contributed by atoms with Crippen LogP contribution >= 0.6 is 0 Å². The molecule has 1 aromatic rings. The van der Waals surface area contributed by atoms with E-state index in [1.54, 1.807) is 13.1 Å². The number of aliphatic hydroxyl groups excluding tert-OH is 2. The molecular weight excluding hydrogens is 216 g/mol. The van der Waals surface area contributed by atoms with Gasteiger partial charge in [-0.1, -0.05) is 6.07 Å². The Morgan fingerprint density at radius 2 is 2.18 bits per heavy atom. The molecule has 2 rings (SSSR count). The van der Waals surface area contributed by atoms with Crippen molar-refractivity contribution in [1.82, 2.24) is 4.98 Å². The molecule has 1 heterocycles. The minimum absolute atomic E-state index is 0.0982. The van der Waals surface area contributed by atoms with E-state index < -0.39 is 6.10 Å². The van der Waals surface area contributed by atoms with Gasteiger partial charge in [-0.2, -0.15) is 0 Å². The van der Waals surface area contributed by atoms with Gasteiger partial charge in [0, 0.05) is 19.8 Å². The Balaban J connectivity index is 1.92. The summed E-state index contributed by atoms with van der Waals surface area (Å²) in [6.45, 7) is 2.66. The summed E-state index contributed by atoms with van der Waals surface area (Å²) in [6, 6.07) is 3.83. The average molecular weight is 236 g/mol. The normalized spacial score (nSPS) is 25.2. The summed E-state index contributed by atoms with van der Waals surface area (Å²) in [5.74, 6) is 1.49. The van der Waals surface area contributed by atoms with Gasteiger partial charge >= 0.3 is 0 Å². The molecule has 0 radical (unpaired) electrons. The molecule has 0 spiro atoms. The molecule has 0 aliphatic heterocycles. The van der Waals surface area contributed by atoms with E-state index in [9.17, 15) is 10.2 Å². The zero-order valence-electron chi connectivity index (χ0n) is 10.4. The smallest absolute Gasteiger partial charge is 0.128 e. The molecule has 0 saturated heterocycles. The summed E-state index contributed by atoms with van der Waals surface area (Å²) >= 11 is 0. The first-order chi connectivity index (χ1) is 8.06. The lowest BCUT2D eigenvalue weighted by atomic mass is 9.82. The third-order valence-corrected chi connectivity index (χ3v) is 3.39. The quantitative estimate of drug-likeness (QED) is 0.828. The zero-order chi connectivity index (χ0) is 12.4. The summed E-state index contributed by atoms with van der Waals surface area (Å²) in [5, 5.41) is 18.6. The van der Waals surface area contributed by atoms with Crippen LogP contribution in [0.15, 0.2) is 18.3 Å². The first kappa shape index (κ1) is 12.3. The Morgan fingerprint density at radius 1 is 1.47 bits per heavy atom. The Morgan fingerprint density at radius 3 is 2.65 bits per heavy atom. The summed E-state index contributed by atoms with van der Waals surface area (Å²) < 4.78 is 0.